The summed E-state index contributed by atoms with van der Waals surface area (Å²) in [5.41, 5.74) is 0.884. The van der Waals surface area contributed by atoms with Gasteiger partial charge in [0.2, 0.25) is 0 Å². The molecule has 0 N–H and O–H groups in total. The SMILES string of the molecule is O=C(OCc1ccccc1)N1CCC2(C1)OCC(F)(F)CO2. The minimum Gasteiger partial charge on any atom is -0.445 e. The second-order valence-electron chi connectivity index (χ2n) is 5.56. The molecule has 7 heteroatoms. The highest BCUT2D eigenvalue weighted by molar-refractivity contribution is 5.68. The molecule has 1 amide bonds. The molecule has 0 aliphatic carbocycles. The molecule has 3 rings (SSSR count). The van der Waals surface area contributed by atoms with Crippen LogP contribution < -0.4 is 0 Å². The number of benzene rings is 1. The Bertz CT molecular complexity index is 528. The third-order valence-electron chi connectivity index (χ3n) is 3.75. The van der Waals surface area contributed by atoms with Gasteiger partial charge in [-0.25, -0.2) is 13.6 Å². The molecule has 0 aromatic heterocycles. The first-order valence-corrected chi connectivity index (χ1v) is 7.09. The molecular weight excluding hydrogens is 296 g/mol. The van der Waals surface area contributed by atoms with Gasteiger partial charge in [0.25, 0.3) is 5.92 Å². The van der Waals surface area contributed by atoms with Crippen molar-refractivity contribution >= 4 is 6.09 Å². The van der Waals surface area contributed by atoms with E-state index in [0.717, 1.165) is 5.56 Å². The Labute approximate surface area is 126 Å². The Morgan fingerprint density at radius 1 is 1.23 bits per heavy atom. The summed E-state index contributed by atoms with van der Waals surface area (Å²) >= 11 is 0. The van der Waals surface area contributed by atoms with E-state index in [9.17, 15) is 13.6 Å². The molecule has 2 fully saturated rings. The average Bonchev–Trinajstić information content (AvgIpc) is 2.94. The summed E-state index contributed by atoms with van der Waals surface area (Å²) in [7, 11) is 0. The van der Waals surface area contributed by atoms with Gasteiger partial charge in [-0.2, -0.15) is 0 Å². The summed E-state index contributed by atoms with van der Waals surface area (Å²) in [6.45, 7) is -0.724. The molecular formula is C15H17F2NO4. The van der Waals surface area contributed by atoms with E-state index in [1.54, 1.807) is 0 Å². The smallest absolute Gasteiger partial charge is 0.410 e. The third-order valence-corrected chi connectivity index (χ3v) is 3.75. The molecule has 1 aromatic rings. The van der Waals surface area contributed by atoms with Crippen LogP contribution in [0.4, 0.5) is 13.6 Å². The number of ether oxygens (including phenoxy) is 3. The van der Waals surface area contributed by atoms with Crippen molar-refractivity contribution in [3.63, 3.8) is 0 Å². The lowest BCUT2D eigenvalue weighted by molar-refractivity contribution is -0.321. The molecule has 2 aliphatic heterocycles. The molecule has 5 nitrogen and oxygen atoms in total. The second-order valence-corrected chi connectivity index (χ2v) is 5.56. The molecule has 0 bridgehead atoms. The molecule has 2 aliphatic rings. The van der Waals surface area contributed by atoms with Crippen molar-refractivity contribution in [1.82, 2.24) is 4.90 Å². The molecule has 2 heterocycles. The Hall–Kier alpha value is -1.73. The molecule has 0 unspecified atom stereocenters. The minimum absolute atomic E-state index is 0.108. The van der Waals surface area contributed by atoms with Crippen molar-refractivity contribution in [3.05, 3.63) is 35.9 Å². The number of likely N-dealkylation sites (tertiary alicyclic amines) is 1. The van der Waals surface area contributed by atoms with Gasteiger partial charge in [-0.15, -0.1) is 0 Å². The fraction of sp³-hybridized carbons (Fsp3) is 0.533. The standard InChI is InChI=1S/C15H17F2NO4/c16-14(17)10-21-15(22-11-14)6-7-18(9-15)13(19)20-8-12-4-2-1-3-5-12/h1-5H,6-11H2. The molecule has 2 saturated heterocycles. The van der Waals surface area contributed by atoms with E-state index in [1.165, 1.54) is 4.90 Å². The predicted octanol–water partition coefficient (Wildman–Crippen LogP) is 2.41. The molecule has 120 valence electrons. The van der Waals surface area contributed by atoms with Gasteiger partial charge in [-0.05, 0) is 5.56 Å². The number of hydrogen-bond donors (Lipinski definition) is 0. The van der Waals surface area contributed by atoms with Crippen molar-refractivity contribution < 1.29 is 27.8 Å². The zero-order valence-electron chi connectivity index (χ0n) is 12.0. The maximum absolute atomic E-state index is 13.0. The second kappa shape index (κ2) is 5.81. The normalized spacial score (nSPS) is 22.7. The number of amides is 1. The summed E-state index contributed by atoms with van der Waals surface area (Å²) in [6, 6.07) is 9.31. The number of carbonyl (C=O) groups excluding carboxylic acids is 1. The highest BCUT2D eigenvalue weighted by atomic mass is 19.3. The summed E-state index contributed by atoms with van der Waals surface area (Å²) in [4.78, 5) is 13.4. The number of alkyl halides is 2. The average molecular weight is 313 g/mol. The summed E-state index contributed by atoms with van der Waals surface area (Å²) in [5.74, 6) is -4.08. The van der Waals surface area contributed by atoms with Gasteiger partial charge < -0.3 is 19.1 Å². The van der Waals surface area contributed by atoms with Crippen LogP contribution >= 0.6 is 0 Å². The Balaban J connectivity index is 1.51. The maximum Gasteiger partial charge on any atom is 0.410 e. The minimum atomic E-state index is -2.97. The highest BCUT2D eigenvalue weighted by Crippen LogP contribution is 2.34. The lowest BCUT2D eigenvalue weighted by Crippen LogP contribution is -2.51. The molecule has 1 aromatic carbocycles. The van der Waals surface area contributed by atoms with Gasteiger partial charge >= 0.3 is 6.09 Å². The van der Waals surface area contributed by atoms with Crippen molar-refractivity contribution in [2.24, 2.45) is 0 Å². The summed E-state index contributed by atoms with van der Waals surface area (Å²) < 4.78 is 41.6. The van der Waals surface area contributed by atoms with E-state index < -0.39 is 31.0 Å². The van der Waals surface area contributed by atoms with E-state index in [4.69, 9.17) is 14.2 Å². The monoisotopic (exact) mass is 313 g/mol. The topological polar surface area (TPSA) is 48.0 Å². The predicted molar refractivity (Wildman–Crippen MR) is 72.4 cm³/mol. The lowest BCUT2D eigenvalue weighted by Gasteiger charge is -2.36. The molecule has 0 radical (unpaired) electrons. The quantitative estimate of drug-likeness (QED) is 0.841. The first-order valence-electron chi connectivity index (χ1n) is 7.09. The molecule has 0 saturated carbocycles. The Morgan fingerprint density at radius 3 is 2.59 bits per heavy atom. The number of carbonyl (C=O) groups is 1. The van der Waals surface area contributed by atoms with E-state index in [2.05, 4.69) is 0 Å². The van der Waals surface area contributed by atoms with Gasteiger partial charge in [-0.1, -0.05) is 30.3 Å². The maximum atomic E-state index is 13.0. The van der Waals surface area contributed by atoms with Crippen LogP contribution in [0.1, 0.15) is 12.0 Å². The van der Waals surface area contributed by atoms with E-state index in [0.29, 0.717) is 13.0 Å². The molecule has 1 spiro atoms. The van der Waals surface area contributed by atoms with Crippen molar-refractivity contribution in [3.8, 4) is 0 Å². The zero-order chi connectivity index (χ0) is 15.6. The van der Waals surface area contributed by atoms with Crippen LogP contribution in [0, 0.1) is 0 Å². The summed E-state index contributed by atoms with van der Waals surface area (Å²) in [6.07, 6.45) is -0.131. The van der Waals surface area contributed by atoms with Crippen LogP contribution in [0.25, 0.3) is 0 Å². The van der Waals surface area contributed by atoms with Crippen LogP contribution in [0.5, 0.6) is 0 Å². The van der Waals surface area contributed by atoms with E-state index in [-0.39, 0.29) is 13.2 Å². The van der Waals surface area contributed by atoms with Crippen LogP contribution in [0.15, 0.2) is 30.3 Å². The summed E-state index contributed by atoms with van der Waals surface area (Å²) in [5, 5.41) is 0. The fourth-order valence-electron chi connectivity index (χ4n) is 2.51. The van der Waals surface area contributed by atoms with Crippen LogP contribution in [0.3, 0.4) is 0 Å². The van der Waals surface area contributed by atoms with Gasteiger partial charge in [-0.3, -0.25) is 0 Å². The first-order chi connectivity index (χ1) is 10.5. The van der Waals surface area contributed by atoms with Crippen LogP contribution in [0.2, 0.25) is 0 Å². The fourth-order valence-corrected chi connectivity index (χ4v) is 2.51. The van der Waals surface area contributed by atoms with Crippen molar-refractivity contribution in [1.29, 1.82) is 0 Å². The lowest BCUT2D eigenvalue weighted by atomic mass is 10.2. The largest absolute Gasteiger partial charge is 0.445 e. The Kier molecular flexibility index (Phi) is 4.01. The zero-order valence-corrected chi connectivity index (χ0v) is 12.0. The van der Waals surface area contributed by atoms with Crippen LogP contribution in [-0.2, 0) is 20.8 Å². The highest BCUT2D eigenvalue weighted by Gasteiger charge is 2.50. The number of halogens is 2. The molecule has 0 atom stereocenters. The molecule has 22 heavy (non-hydrogen) atoms. The van der Waals surface area contributed by atoms with Crippen LogP contribution in [-0.4, -0.2) is 49.0 Å². The number of nitrogens with zero attached hydrogens (tertiary/aromatic N) is 1. The van der Waals surface area contributed by atoms with Crippen molar-refractivity contribution in [2.75, 3.05) is 26.3 Å². The van der Waals surface area contributed by atoms with E-state index >= 15 is 0 Å². The van der Waals surface area contributed by atoms with Gasteiger partial charge in [0.1, 0.15) is 19.8 Å². The number of hydrogen-bond acceptors (Lipinski definition) is 4. The van der Waals surface area contributed by atoms with Gasteiger partial charge in [0.15, 0.2) is 5.79 Å². The van der Waals surface area contributed by atoms with Gasteiger partial charge in [0, 0.05) is 13.0 Å². The Morgan fingerprint density at radius 2 is 1.91 bits per heavy atom. The van der Waals surface area contributed by atoms with Crippen molar-refractivity contribution in [2.45, 2.75) is 24.7 Å². The number of rotatable bonds is 2. The third kappa shape index (κ3) is 3.36. The van der Waals surface area contributed by atoms with E-state index in [1.807, 2.05) is 30.3 Å². The van der Waals surface area contributed by atoms with Gasteiger partial charge in [0.05, 0.1) is 6.54 Å². The first kappa shape index (κ1) is 15.2.